The third-order valence-corrected chi connectivity index (χ3v) is 4.32. The number of aliphatic hydroxyl groups is 1. The van der Waals surface area contributed by atoms with Gasteiger partial charge in [0.25, 0.3) is 0 Å². The van der Waals surface area contributed by atoms with E-state index >= 15 is 0 Å². The molecule has 1 heterocycles. The number of hydrogen-bond donors (Lipinski definition) is 2. The van der Waals surface area contributed by atoms with Crippen LogP contribution in [0.1, 0.15) is 46.0 Å². The molecule has 1 saturated heterocycles. The van der Waals surface area contributed by atoms with Gasteiger partial charge in [-0.2, -0.15) is 13.2 Å². The van der Waals surface area contributed by atoms with Crippen molar-refractivity contribution < 1.29 is 18.3 Å². The Kier molecular flexibility index (Phi) is 7.44. The van der Waals surface area contributed by atoms with Crippen molar-refractivity contribution in [2.24, 2.45) is 5.92 Å². The molecule has 0 aliphatic carbocycles. The number of rotatable bonds is 8. The highest BCUT2D eigenvalue weighted by molar-refractivity contribution is 4.83. The van der Waals surface area contributed by atoms with Gasteiger partial charge in [-0.25, -0.2) is 0 Å². The molecular weight excluding hydrogens is 281 g/mol. The van der Waals surface area contributed by atoms with Crippen LogP contribution in [0.25, 0.3) is 0 Å². The predicted molar refractivity (Wildman–Crippen MR) is 78.2 cm³/mol. The maximum atomic E-state index is 12.8. The van der Waals surface area contributed by atoms with Crippen molar-refractivity contribution in [1.29, 1.82) is 0 Å². The van der Waals surface area contributed by atoms with Gasteiger partial charge in [0.1, 0.15) is 0 Å². The molecule has 1 aliphatic heterocycles. The number of halogens is 3. The molecule has 1 fully saturated rings. The van der Waals surface area contributed by atoms with Crippen LogP contribution in [0, 0.1) is 5.92 Å². The summed E-state index contributed by atoms with van der Waals surface area (Å²) in [6, 6.07) is 0. The summed E-state index contributed by atoms with van der Waals surface area (Å²) in [6.07, 6.45) is -0.618. The number of alkyl halides is 3. The minimum atomic E-state index is -4.07. The maximum absolute atomic E-state index is 12.8. The number of nitrogens with zero attached hydrogens (tertiary/aromatic N) is 1. The quantitative estimate of drug-likeness (QED) is 0.724. The lowest BCUT2D eigenvalue weighted by atomic mass is 9.94. The SMILES string of the molecule is CCCNC(C)(CO)CCCN1CCCC(C(F)(F)F)C1. The molecule has 0 aromatic rings. The normalized spacial score (nSPS) is 24.0. The van der Waals surface area contributed by atoms with E-state index in [4.69, 9.17) is 0 Å². The van der Waals surface area contributed by atoms with Crippen molar-refractivity contribution in [2.45, 2.75) is 57.7 Å². The van der Waals surface area contributed by atoms with Crippen molar-refractivity contribution in [3.05, 3.63) is 0 Å². The lowest BCUT2D eigenvalue weighted by molar-refractivity contribution is -0.186. The van der Waals surface area contributed by atoms with E-state index in [0.29, 0.717) is 13.0 Å². The molecule has 126 valence electrons. The topological polar surface area (TPSA) is 35.5 Å². The first-order valence-electron chi connectivity index (χ1n) is 7.95. The zero-order valence-corrected chi connectivity index (χ0v) is 13.2. The van der Waals surface area contributed by atoms with Crippen LogP contribution in [-0.4, -0.2) is 54.5 Å². The van der Waals surface area contributed by atoms with Crippen LogP contribution < -0.4 is 5.32 Å². The second kappa shape index (κ2) is 8.34. The fourth-order valence-electron chi connectivity index (χ4n) is 2.87. The van der Waals surface area contributed by atoms with Crippen molar-refractivity contribution in [2.75, 3.05) is 32.8 Å². The van der Waals surface area contributed by atoms with Gasteiger partial charge in [0.05, 0.1) is 12.5 Å². The average molecular weight is 310 g/mol. The molecule has 21 heavy (non-hydrogen) atoms. The van der Waals surface area contributed by atoms with E-state index in [2.05, 4.69) is 12.2 Å². The van der Waals surface area contributed by atoms with E-state index < -0.39 is 12.1 Å². The van der Waals surface area contributed by atoms with Crippen molar-refractivity contribution in [1.82, 2.24) is 10.2 Å². The number of hydrogen-bond acceptors (Lipinski definition) is 3. The van der Waals surface area contributed by atoms with Crippen LogP contribution in [-0.2, 0) is 0 Å². The van der Waals surface area contributed by atoms with Gasteiger partial charge in [0.15, 0.2) is 0 Å². The fraction of sp³-hybridized carbons (Fsp3) is 1.00. The molecule has 0 bridgehead atoms. The number of likely N-dealkylation sites (tertiary alicyclic amines) is 1. The summed E-state index contributed by atoms with van der Waals surface area (Å²) in [4.78, 5) is 1.92. The molecule has 2 unspecified atom stereocenters. The molecule has 2 N–H and O–H groups in total. The van der Waals surface area contributed by atoms with Crippen LogP contribution >= 0.6 is 0 Å². The van der Waals surface area contributed by atoms with Gasteiger partial charge >= 0.3 is 6.18 Å². The minimum Gasteiger partial charge on any atom is -0.394 e. The summed E-state index contributed by atoms with van der Waals surface area (Å²) < 4.78 is 38.3. The first kappa shape index (κ1) is 18.7. The molecule has 2 atom stereocenters. The standard InChI is InChI=1S/C15H29F3N2O/c1-3-8-19-14(2,12-21)7-5-10-20-9-4-6-13(11-20)15(16,17)18/h13,19,21H,3-12H2,1-2H3. The highest BCUT2D eigenvalue weighted by Crippen LogP contribution is 2.33. The summed E-state index contributed by atoms with van der Waals surface area (Å²) in [7, 11) is 0. The van der Waals surface area contributed by atoms with Crippen molar-refractivity contribution in [3.63, 3.8) is 0 Å². The smallest absolute Gasteiger partial charge is 0.393 e. The number of aliphatic hydroxyl groups excluding tert-OH is 1. The molecule has 0 amide bonds. The fourth-order valence-corrected chi connectivity index (χ4v) is 2.87. The van der Waals surface area contributed by atoms with Crippen molar-refractivity contribution >= 4 is 0 Å². The van der Waals surface area contributed by atoms with Gasteiger partial charge in [-0.3, -0.25) is 0 Å². The molecule has 0 aromatic heterocycles. The first-order valence-corrected chi connectivity index (χ1v) is 7.95. The second-order valence-corrected chi connectivity index (χ2v) is 6.43. The summed E-state index contributed by atoms with van der Waals surface area (Å²) >= 11 is 0. The lowest BCUT2D eigenvalue weighted by Crippen LogP contribution is -2.47. The molecule has 0 spiro atoms. The number of nitrogens with one attached hydrogen (secondary N) is 1. The zero-order valence-electron chi connectivity index (χ0n) is 13.2. The first-order chi connectivity index (χ1) is 9.80. The van der Waals surface area contributed by atoms with Gasteiger partial charge < -0.3 is 15.3 Å². The van der Waals surface area contributed by atoms with E-state index in [1.807, 2.05) is 11.8 Å². The monoisotopic (exact) mass is 310 g/mol. The molecule has 3 nitrogen and oxygen atoms in total. The van der Waals surface area contributed by atoms with Gasteiger partial charge in [-0.15, -0.1) is 0 Å². The Balaban J connectivity index is 2.34. The summed E-state index contributed by atoms with van der Waals surface area (Å²) in [5.74, 6) is -1.17. The summed E-state index contributed by atoms with van der Waals surface area (Å²) in [5, 5.41) is 12.8. The Labute approximate surface area is 125 Å². The Bertz CT molecular complexity index is 299. The highest BCUT2D eigenvalue weighted by atomic mass is 19.4. The largest absolute Gasteiger partial charge is 0.394 e. The third-order valence-electron chi connectivity index (χ3n) is 4.32. The summed E-state index contributed by atoms with van der Waals surface area (Å²) in [5.41, 5.74) is -0.324. The molecule has 0 saturated carbocycles. The van der Waals surface area contributed by atoms with Crippen LogP contribution in [0.3, 0.4) is 0 Å². The Morgan fingerprint density at radius 3 is 2.62 bits per heavy atom. The van der Waals surface area contributed by atoms with Gasteiger partial charge in [0.2, 0.25) is 0 Å². The van der Waals surface area contributed by atoms with E-state index in [1.165, 1.54) is 0 Å². The average Bonchev–Trinajstić information content (AvgIpc) is 2.44. The van der Waals surface area contributed by atoms with Crippen molar-refractivity contribution in [3.8, 4) is 0 Å². The Morgan fingerprint density at radius 2 is 2.05 bits per heavy atom. The number of piperidine rings is 1. The summed E-state index contributed by atoms with van der Waals surface area (Å²) in [6.45, 7) is 6.49. The zero-order chi connectivity index (χ0) is 15.9. The van der Waals surface area contributed by atoms with Gasteiger partial charge in [-0.1, -0.05) is 6.92 Å². The highest BCUT2D eigenvalue weighted by Gasteiger charge is 2.41. The molecule has 1 aliphatic rings. The second-order valence-electron chi connectivity index (χ2n) is 6.43. The molecular formula is C15H29F3N2O. The van der Waals surface area contributed by atoms with Crippen LogP contribution in [0.2, 0.25) is 0 Å². The lowest BCUT2D eigenvalue weighted by Gasteiger charge is -2.35. The van der Waals surface area contributed by atoms with Crippen LogP contribution in [0.15, 0.2) is 0 Å². The van der Waals surface area contributed by atoms with E-state index in [0.717, 1.165) is 32.4 Å². The molecule has 1 rings (SSSR count). The molecule has 0 radical (unpaired) electrons. The molecule has 0 aromatic carbocycles. The van der Waals surface area contributed by atoms with Crippen LogP contribution in [0.5, 0.6) is 0 Å². The van der Waals surface area contributed by atoms with E-state index in [1.54, 1.807) is 0 Å². The van der Waals surface area contributed by atoms with Gasteiger partial charge in [0, 0.05) is 12.1 Å². The minimum absolute atomic E-state index is 0.0537. The van der Waals surface area contributed by atoms with Crippen LogP contribution in [0.4, 0.5) is 13.2 Å². The Hall–Kier alpha value is -0.330. The molecule has 6 heteroatoms. The maximum Gasteiger partial charge on any atom is 0.393 e. The third kappa shape index (κ3) is 6.53. The predicted octanol–water partition coefficient (Wildman–Crippen LogP) is 2.79. The van der Waals surface area contributed by atoms with E-state index in [-0.39, 0.29) is 25.1 Å². The van der Waals surface area contributed by atoms with E-state index in [9.17, 15) is 18.3 Å². The van der Waals surface area contributed by atoms with Gasteiger partial charge in [-0.05, 0) is 58.7 Å². The Morgan fingerprint density at radius 1 is 1.33 bits per heavy atom.